The summed E-state index contributed by atoms with van der Waals surface area (Å²) in [6, 6.07) is 12.0. The average Bonchev–Trinajstić information content (AvgIpc) is 3.41. The first-order chi connectivity index (χ1) is 18.0. The molecule has 1 atom stereocenters. The van der Waals surface area contributed by atoms with Crippen LogP contribution < -0.4 is 20.1 Å². The normalized spacial score (nSPS) is 18.3. The number of hydrogen-bond donors (Lipinski definition) is 2. The number of ether oxygens (including phenoxy) is 2. The summed E-state index contributed by atoms with van der Waals surface area (Å²) in [5.74, 6) is 0.730. The van der Waals surface area contributed by atoms with Crippen LogP contribution in [0.2, 0.25) is 0 Å². The van der Waals surface area contributed by atoms with Gasteiger partial charge in [-0.25, -0.2) is 4.79 Å². The van der Waals surface area contributed by atoms with Crippen molar-refractivity contribution in [1.82, 2.24) is 15.1 Å². The average molecular weight is 507 g/mol. The zero-order valence-electron chi connectivity index (χ0n) is 21.2. The van der Waals surface area contributed by atoms with Gasteiger partial charge in [-0.1, -0.05) is 17.7 Å². The molecule has 37 heavy (non-hydrogen) atoms. The number of aryl methyl sites for hydroxylation is 1. The molecule has 4 amide bonds. The number of benzene rings is 2. The van der Waals surface area contributed by atoms with Crippen LogP contribution in [0.5, 0.6) is 11.5 Å². The summed E-state index contributed by atoms with van der Waals surface area (Å²) >= 11 is 0. The van der Waals surface area contributed by atoms with Crippen molar-refractivity contribution >= 4 is 23.5 Å². The lowest BCUT2D eigenvalue weighted by atomic mass is 9.88. The van der Waals surface area contributed by atoms with E-state index in [1.807, 2.05) is 36.1 Å². The molecule has 0 saturated carbocycles. The van der Waals surface area contributed by atoms with Gasteiger partial charge in [0.05, 0.1) is 0 Å². The van der Waals surface area contributed by atoms with Gasteiger partial charge >= 0.3 is 6.03 Å². The Kier molecular flexibility index (Phi) is 7.48. The number of carbonyl (C=O) groups is 3. The molecule has 2 aromatic carbocycles. The summed E-state index contributed by atoms with van der Waals surface area (Å²) in [4.78, 5) is 43.3. The van der Waals surface area contributed by atoms with Crippen LogP contribution in [0.4, 0.5) is 10.5 Å². The predicted molar refractivity (Wildman–Crippen MR) is 139 cm³/mol. The zero-order valence-corrected chi connectivity index (χ0v) is 21.2. The van der Waals surface area contributed by atoms with Gasteiger partial charge in [0.25, 0.3) is 5.91 Å². The smallest absolute Gasteiger partial charge is 0.321 e. The van der Waals surface area contributed by atoms with E-state index in [0.29, 0.717) is 56.1 Å². The van der Waals surface area contributed by atoms with E-state index in [1.165, 1.54) is 0 Å². The molecule has 3 heterocycles. The van der Waals surface area contributed by atoms with Crippen molar-refractivity contribution < 1.29 is 23.9 Å². The van der Waals surface area contributed by atoms with E-state index < -0.39 is 6.04 Å². The van der Waals surface area contributed by atoms with Gasteiger partial charge in [0.15, 0.2) is 11.5 Å². The number of hydrogen-bond acceptors (Lipinski definition) is 5. The lowest BCUT2D eigenvalue weighted by molar-refractivity contribution is -0.136. The predicted octanol–water partition coefficient (Wildman–Crippen LogP) is 3.78. The summed E-state index contributed by atoms with van der Waals surface area (Å²) in [6.45, 7) is 4.61. The number of likely N-dealkylation sites (tertiary alicyclic amines) is 2. The Balaban J connectivity index is 1.25. The van der Waals surface area contributed by atoms with Gasteiger partial charge < -0.3 is 29.9 Å². The van der Waals surface area contributed by atoms with E-state index in [2.05, 4.69) is 10.6 Å². The van der Waals surface area contributed by atoms with E-state index in [-0.39, 0.29) is 30.6 Å². The van der Waals surface area contributed by atoms with Crippen molar-refractivity contribution in [2.45, 2.75) is 45.1 Å². The van der Waals surface area contributed by atoms with Crippen molar-refractivity contribution in [3.63, 3.8) is 0 Å². The SMILES string of the molecule is Cc1ccc(NC(=O)N2CCC(C(NC(=O)c3ccc4c(c3)OCO4)C(=O)N3CCCCC3)CC2)cc1. The molecule has 196 valence electrons. The van der Waals surface area contributed by atoms with Crippen molar-refractivity contribution in [2.75, 3.05) is 38.3 Å². The largest absolute Gasteiger partial charge is 0.454 e. The Labute approximate surface area is 217 Å². The molecule has 0 aliphatic carbocycles. The van der Waals surface area contributed by atoms with Crippen LogP contribution in [0.1, 0.15) is 48.0 Å². The molecular weight excluding hydrogens is 472 g/mol. The molecule has 1 unspecified atom stereocenters. The molecule has 2 aromatic rings. The molecule has 0 bridgehead atoms. The maximum absolute atomic E-state index is 13.6. The second-order valence-corrected chi connectivity index (χ2v) is 10.0. The number of piperidine rings is 2. The standard InChI is InChI=1S/C28H34N4O5/c1-19-5-8-22(9-6-19)29-28(35)32-15-11-20(12-16-32)25(27(34)31-13-3-2-4-14-31)30-26(33)21-7-10-23-24(17-21)37-18-36-23/h5-10,17,20,25H,2-4,11-16,18H2,1H3,(H,29,35)(H,30,33). The Morgan fingerprint density at radius 3 is 2.30 bits per heavy atom. The van der Waals surface area contributed by atoms with Crippen LogP contribution in [-0.4, -0.2) is 66.7 Å². The molecule has 2 saturated heterocycles. The third kappa shape index (κ3) is 5.81. The molecular formula is C28H34N4O5. The molecule has 5 rings (SSSR count). The fourth-order valence-corrected chi connectivity index (χ4v) is 5.23. The molecule has 3 aliphatic heterocycles. The van der Waals surface area contributed by atoms with E-state index in [4.69, 9.17) is 9.47 Å². The summed E-state index contributed by atoms with van der Waals surface area (Å²) in [5.41, 5.74) is 2.31. The fourth-order valence-electron chi connectivity index (χ4n) is 5.23. The number of amides is 4. The maximum Gasteiger partial charge on any atom is 0.321 e. The molecule has 0 aromatic heterocycles. The second-order valence-electron chi connectivity index (χ2n) is 10.0. The van der Waals surface area contributed by atoms with E-state index in [1.54, 1.807) is 23.1 Å². The number of fused-ring (bicyclic) bond motifs is 1. The van der Waals surface area contributed by atoms with Crippen LogP contribution in [0.25, 0.3) is 0 Å². The number of carbonyl (C=O) groups excluding carboxylic acids is 3. The fraction of sp³-hybridized carbons (Fsp3) is 0.464. The number of rotatable bonds is 5. The van der Waals surface area contributed by atoms with Crippen molar-refractivity contribution in [3.8, 4) is 11.5 Å². The first-order valence-corrected chi connectivity index (χ1v) is 13.1. The topological polar surface area (TPSA) is 100 Å². The molecule has 3 aliphatic rings. The third-order valence-corrected chi connectivity index (χ3v) is 7.46. The number of nitrogens with one attached hydrogen (secondary N) is 2. The minimum absolute atomic E-state index is 0.0312. The lowest BCUT2D eigenvalue weighted by Crippen LogP contribution is -2.55. The van der Waals surface area contributed by atoms with Crippen LogP contribution in [0, 0.1) is 12.8 Å². The van der Waals surface area contributed by atoms with Crippen LogP contribution in [0.15, 0.2) is 42.5 Å². The van der Waals surface area contributed by atoms with Crippen molar-refractivity contribution in [3.05, 3.63) is 53.6 Å². The highest BCUT2D eigenvalue weighted by atomic mass is 16.7. The monoisotopic (exact) mass is 506 g/mol. The molecule has 0 radical (unpaired) electrons. The Hall–Kier alpha value is -3.75. The van der Waals surface area contributed by atoms with Gasteiger partial charge in [0.1, 0.15) is 6.04 Å². The van der Waals surface area contributed by atoms with Crippen LogP contribution >= 0.6 is 0 Å². The van der Waals surface area contributed by atoms with Crippen molar-refractivity contribution in [1.29, 1.82) is 0 Å². The van der Waals surface area contributed by atoms with E-state index in [9.17, 15) is 14.4 Å². The first-order valence-electron chi connectivity index (χ1n) is 13.1. The third-order valence-electron chi connectivity index (χ3n) is 7.46. The van der Waals surface area contributed by atoms with Gasteiger partial charge in [-0.15, -0.1) is 0 Å². The molecule has 0 spiro atoms. The first kappa shape index (κ1) is 24.9. The zero-order chi connectivity index (χ0) is 25.8. The minimum Gasteiger partial charge on any atom is -0.454 e. The van der Waals surface area contributed by atoms with Crippen LogP contribution in [-0.2, 0) is 4.79 Å². The Bertz CT molecular complexity index is 1140. The Morgan fingerprint density at radius 1 is 0.865 bits per heavy atom. The maximum atomic E-state index is 13.6. The lowest BCUT2D eigenvalue weighted by Gasteiger charge is -2.38. The quantitative estimate of drug-likeness (QED) is 0.643. The summed E-state index contributed by atoms with van der Waals surface area (Å²) in [5, 5.41) is 5.99. The summed E-state index contributed by atoms with van der Waals surface area (Å²) in [6.07, 6.45) is 4.34. The van der Waals surface area contributed by atoms with E-state index >= 15 is 0 Å². The highest BCUT2D eigenvalue weighted by Gasteiger charge is 2.36. The van der Waals surface area contributed by atoms with Gasteiger partial charge in [0, 0.05) is 37.4 Å². The Morgan fingerprint density at radius 2 is 1.57 bits per heavy atom. The molecule has 2 N–H and O–H groups in total. The molecule has 9 heteroatoms. The molecule has 9 nitrogen and oxygen atoms in total. The van der Waals surface area contributed by atoms with Crippen LogP contribution in [0.3, 0.4) is 0 Å². The van der Waals surface area contributed by atoms with E-state index in [0.717, 1.165) is 30.5 Å². The van der Waals surface area contributed by atoms with Gasteiger partial charge in [0.2, 0.25) is 12.7 Å². The highest BCUT2D eigenvalue weighted by molar-refractivity contribution is 5.98. The summed E-state index contributed by atoms with van der Waals surface area (Å²) in [7, 11) is 0. The number of anilines is 1. The van der Waals surface area contributed by atoms with Gasteiger partial charge in [-0.3, -0.25) is 9.59 Å². The minimum atomic E-state index is -0.640. The van der Waals surface area contributed by atoms with Crippen molar-refractivity contribution in [2.24, 2.45) is 5.92 Å². The summed E-state index contributed by atoms with van der Waals surface area (Å²) < 4.78 is 10.8. The van der Waals surface area contributed by atoms with Gasteiger partial charge in [-0.05, 0) is 75.3 Å². The highest BCUT2D eigenvalue weighted by Crippen LogP contribution is 2.33. The van der Waals surface area contributed by atoms with Gasteiger partial charge in [-0.2, -0.15) is 0 Å². The molecule has 2 fully saturated rings. The second kappa shape index (κ2) is 11.1. The number of nitrogens with zero attached hydrogens (tertiary/aromatic N) is 2. The number of urea groups is 1.